The molecule has 0 saturated carbocycles. The molecule has 8 nitrogen and oxygen atoms in total. The number of aryl methyl sites for hydroxylation is 1. The minimum absolute atomic E-state index is 0.246. The van der Waals surface area contributed by atoms with Gasteiger partial charge in [-0.3, -0.25) is 4.79 Å². The van der Waals surface area contributed by atoms with Crippen LogP contribution in [0.4, 0.5) is 5.69 Å². The molecule has 4 rings (SSSR count). The number of ether oxygens (including phenoxy) is 1. The maximum atomic E-state index is 12.7. The number of benzene rings is 2. The first-order chi connectivity index (χ1) is 14.5. The van der Waals surface area contributed by atoms with Crippen LogP contribution in [0.25, 0.3) is 16.9 Å². The van der Waals surface area contributed by atoms with E-state index in [1.165, 1.54) is 11.5 Å². The normalized spacial score (nSPS) is 10.9. The van der Waals surface area contributed by atoms with Gasteiger partial charge in [0.15, 0.2) is 5.65 Å². The van der Waals surface area contributed by atoms with Crippen LogP contribution in [0.5, 0.6) is 5.75 Å². The van der Waals surface area contributed by atoms with Crippen molar-refractivity contribution < 1.29 is 9.53 Å². The summed E-state index contributed by atoms with van der Waals surface area (Å²) in [7, 11) is 1.51. The van der Waals surface area contributed by atoms with Crippen LogP contribution < -0.4 is 15.7 Å². The predicted molar refractivity (Wildman–Crippen MR) is 114 cm³/mol. The number of rotatable bonds is 5. The average molecular weight is 424 g/mol. The number of aromatic nitrogens is 4. The SMILES string of the molecule is COc1ccc(NC(=O)Cn2nc3cc(-c4ccccc4)nc(C)n3c2=O)cc1Cl. The molecule has 4 aromatic rings. The van der Waals surface area contributed by atoms with Gasteiger partial charge in [-0.05, 0) is 25.1 Å². The Morgan fingerprint density at radius 3 is 2.63 bits per heavy atom. The third kappa shape index (κ3) is 3.77. The third-order valence-corrected chi connectivity index (χ3v) is 4.83. The number of nitrogens with one attached hydrogen (secondary N) is 1. The summed E-state index contributed by atoms with van der Waals surface area (Å²) in [5.41, 5.74) is 2.10. The van der Waals surface area contributed by atoms with Crippen LogP contribution in [0.3, 0.4) is 0 Å². The Labute approximate surface area is 176 Å². The number of hydrogen-bond acceptors (Lipinski definition) is 5. The fourth-order valence-electron chi connectivity index (χ4n) is 3.14. The summed E-state index contributed by atoms with van der Waals surface area (Å²) in [4.78, 5) is 29.7. The van der Waals surface area contributed by atoms with Crippen LogP contribution in [0.2, 0.25) is 5.02 Å². The summed E-state index contributed by atoms with van der Waals surface area (Å²) >= 11 is 6.08. The fraction of sp³-hybridized carbons (Fsp3) is 0.143. The topological polar surface area (TPSA) is 90.5 Å². The van der Waals surface area contributed by atoms with Gasteiger partial charge < -0.3 is 10.1 Å². The molecule has 0 saturated heterocycles. The molecule has 30 heavy (non-hydrogen) atoms. The summed E-state index contributed by atoms with van der Waals surface area (Å²) in [6.45, 7) is 1.48. The van der Waals surface area contributed by atoms with Crippen molar-refractivity contribution in [1.29, 1.82) is 0 Å². The molecule has 0 spiro atoms. The average Bonchev–Trinajstić information content (AvgIpc) is 3.04. The van der Waals surface area contributed by atoms with Crippen LogP contribution in [-0.2, 0) is 11.3 Å². The van der Waals surface area contributed by atoms with Gasteiger partial charge in [0, 0.05) is 17.3 Å². The van der Waals surface area contributed by atoms with Gasteiger partial charge in [-0.2, -0.15) is 0 Å². The maximum absolute atomic E-state index is 12.7. The molecule has 0 aliphatic heterocycles. The number of amides is 1. The largest absolute Gasteiger partial charge is 0.495 e. The van der Waals surface area contributed by atoms with Gasteiger partial charge in [0.05, 0.1) is 17.8 Å². The standard InChI is InChI=1S/C21H18ClN5O3/c1-13-23-17(14-6-4-3-5-7-14)11-19-25-26(21(29)27(13)19)12-20(28)24-15-8-9-18(30-2)16(22)10-15/h3-11H,12H2,1-2H3,(H,24,28). The van der Waals surface area contributed by atoms with Crippen LogP contribution in [0, 0.1) is 6.92 Å². The van der Waals surface area contributed by atoms with E-state index >= 15 is 0 Å². The first-order valence-corrected chi connectivity index (χ1v) is 9.50. The van der Waals surface area contributed by atoms with Crippen LogP contribution in [0.15, 0.2) is 59.4 Å². The Hall–Kier alpha value is -3.65. The molecule has 0 atom stereocenters. The third-order valence-electron chi connectivity index (χ3n) is 4.53. The zero-order chi connectivity index (χ0) is 21.3. The van der Waals surface area contributed by atoms with E-state index in [0.29, 0.717) is 33.6 Å². The lowest BCUT2D eigenvalue weighted by Gasteiger charge is -2.07. The second-order valence-corrected chi connectivity index (χ2v) is 6.99. The maximum Gasteiger partial charge on any atom is 0.352 e. The Kier molecular flexibility index (Phi) is 5.24. The Bertz CT molecular complexity index is 1300. The van der Waals surface area contributed by atoms with Gasteiger partial charge in [-0.15, -0.1) is 5.10 Å². The first-order valence-electron chi connectivity index (χ1n) is 9.12. The Balaban J connectivity index is 1.61. The monoisotopic (exact) mass is 423 g/mol. The van der Waals surface area contributed by atoms with Crippen LogP contribution in [0.1, 0.15) is 5.82 Å². The van der Waals surface area contributed by atoms with Crippen molar-refractivity contribution in [3.05, 3.63) is 75.9 Å². The highest BCUT2D eigenvalue weighted by molar-refractivity contribution is 6.32. The second kappa shape index (κ2) is 8.00. The van der Waals surface area contributed by atoms with E-state index in [2.05, 4.69) is 15.4 Å². The number of anilines is 1. The van der Waals surface area contributed by atoms with E-state index in [1.54, 1.807) is 31.2 Å². The zero-order valence-electron chi connectivity index (χ0n) is 16.3. The molecule has 0 fully saturated rings. The number of halogens is 1. The highest BCUT2D eigenvalue weighted by Gasteiger charge is 2.15. The summed E-state index contributed by atoms with van der Waals surface area (Å²) in [5.74, 6) is 0.587. The molecule has 2 aromatic carbocycles. The van der Waals surface area contributed by atoms with Crippen molar-refractivity contribution in [2.45, 2.75) is 13.5 Å². The predicted octanol–water partition coefficient (Wildman–Crippen LogP) is 3.17. The minimum atomic E-state index is -0.433. The van der Waals surface area contributed by atoms with Crippen molar-refractivity contribution >= 4 is 28.8 Å². The number of fused-ring (bicyclic) bond motifs is 1. The molecule has 2 aromatic heterocycles. The van der Waals surface area contributed by atoms with E-state index < -0.39 is 11.6 Å². The number of methoxy groups -OCH3 is 1. The number of carbonyl (C=O) groups excluding carboxylic acids is 1. The summed E-state index contributed by atoms with van der Waals surface area (Å²) in [6, 6.07) is 16.2. The van der Waals surface area contributed by atoms with Gasteiger partial charge in [-0.1, -0.05) is 41.9 Å². The fourth-order valence-corrected chi connectivity index (χ4v) is 3.40. The van der Waals surface area contributed by atoms with E-state index in [-0.39, 0.29) is 6.54 Å². The summed E-state index contributed by atoms with van der Waals surface area (Å²) in [5, 5.41) is 7.38. The molecule has 0 radical (unpaired) electrons. The lowest BCUT2D eigenvalue weighted by atomic mass is 10.1. The Morgan fingerprint density at radius 2 is 1.93 bits per heavy atom. The lowest BCUT2D eigenvalue weighted by Crippen LogP contribution is -2.28. The Morgan fingerprint density at radius 1 is 1.17 bits per heavy atom. The number of carbonyl (C=O) groups is 1. The van der Waals surface area contributed by atoms with E-state index in [0.717, 1.165) is 10.2 Å². The first kappa shape index (κ1) is 19.7. The second-order valence-electron chi connectivity index (χ2n) is 6.59. The quantitative estimate of drug-likeness (QED) is 0.532. The molecule has 9 heteroatoms. The van der Waals surface area contributed by atoms with Crippen molar-refractivity contribution in [2.75, 3.05) is 12.4 Å². The molecule has 0 bridgehead atoms. The molecule has 0 unspecified atom stereocenters. The van der Waals surface area contributed by atoms with Crippen LogP contribution in [-0.4, -0.2) is 32.2 Å². The van der Waals surface area contributed by atoms with Gasteiger partial charge in [-0.25, -0.2) is 18.9 Å². The molecule has 1 N–H and O–H groups in total. The molecule has 0 aliphatic rings. The van der Waals surface area contributed by atoms with E-state index in [9.17, 15) is 9.59 Å². The minimum Gasteiger partial charge on any atom is -0.495 e. The number of hydrogen-bond donors (Lipinski definition) is 1. The smallest absolute Gasteiger partial charge is 0.352 e. The highest BCUT2D eigenvalue weighted by Crippen LogP contribution is 2.27. The van der Waals surface area contributed by atoms with Crippen molar-refractivity contribution in [1.82, 2.24) is 19.2 Å². The van der Waals surface area contributed by atoms with E-state index in [4.69, 9.17) is 16.3 Å². The molecule has 2 heterocycles. The van der Waals surface area contributed by atoms with Gasteiger partial charge >= 0.3 is 5.69 Å². The molecule has 0 aliphatic carbocycles. The summed E-state index contributed by atoms with van der Waals surface area (Å²) in [6.07, 6.45) is 0. The molecule has 1 amide bonds. The van der Waals surface area contributed by atoms with Crippen molar-refractivity contribution in [2.24, 2.45) is 0 Å². The van der Waals surface area contributed by atoms with Gasteiger partial charge in [0.1, 0.15) is 18.1 Å². The van der Waals surface area contributed by atoms with Crippen LogP contribution >= 0.6 is 11.6 Å². The van der Waals surface area contributed by atoms with E-state index in [1.807, 2.05) is 30.3 Å². The lowest BCUT2D eigenvalue weighted by molar-refractivity contribution is -0.117. The van der Waals surface area contributed by atoms with Gasteiger partial charge in [0.2, 0.25) is 5.91 Å². The van der Waals surface area contributed by atoms with Gasteiger partial charge in [0.25, 0.3) is 0 Å². The summed E-state index contributed by atoms with van der Waals surface area (Å²) < 4.78 is 7.58. The zero-order valence-corrected chi connectivity index (χ0v) is 17.1. The van der Waals surface area contributed by atoms with Crippen molar-refractivity contribution in [3.63, 3.8) is 0 Å². The molecular formula is C21H18ClN5O3. The number of nitrogens with zero attached hydrogens (tertiary/aromatic N) is 4. The molecule has 152 valence electrons. The molecular weight excluding hydrogens is 406 g/mol. The van der Waals surface area contributed by atoms with Crippen molar-refractivity contribution in [3.8, 4) is 17.0 Å². The highest BCUT2D eigenvalue weighted by atomic mass is 35.5.